The van der Waals surface area contributed by atoms with Crippen LogP contribution in [0, 0.1) is 11.8 Å². The van der Waals surface area contributed by atoms with Crippen LogP contribution in [0.5, 0.6) is 0 Å². The van der Waals surface area contributed by atoms with E-state index < -0.39 is 60.2 Å². The highest BCUT2D eigenvalue weighted by atomic mass is 16.4. The molecule has 0 aliphatic carbocycles. The van der Waals surface area contributed by atoms with Crippen LogP contribution < -0.4 is 21.7 Å². The molecule has 166 valence electrons. The van der Waals surface area contributed by atoms with Crippen molar-refractivity contribution < 1.29 is 34.2 Å². The number of aliphatic carboxylic acids is 2. The SMILES string of the molecule is CC(C)CC(NC(=O)C(C)NC(=O)C(N)C(C)C)C(=O)NC(CC(=O)O)C(=O)O. The molecule has 0 spiro atoms. The summed E-state index contributed by atoms with van der Waals surface area (Å²) in [7, 11) is 0. The van der Waals surface area contributed by atoms with Gasteiger partial charge >= 0.3 is 11.9 Å². The first-order valence-electron chi connectivity index (χ1n) is 9.37. The van der Waals surface area contributed by atoms with Gasteiger partial charge < -0.3 is 31.9 Å². The molecule has 0 aromatic carbocycles. The van der Waals surface area contributed by atoms with Crippen molar-refractivity contribution in [3.05, 3.63) is 0 Å². The van der Waals surface area contributed by atoms with Crippen molar-refractivity contribution in [3.63, 3.8) is 0 Å². The van der Waals surface area contributed by atoms with Gasteiger partial charge in [-0.1, -0.05) is 27.7 Å². The van der Waals surface area contributed by atoms with Crippen molar-refractivity contribution in [2.45, 2.75) is 71.6 Å². The summed E-state index contributed by atoms with van der Waals surface area (Å²) >= 11 is 0. The van der Waals surface area contributed by atoms with Crippen LogP contribution >= 0.6 is 0 Å². The molecule has 0 aromatic rings. The summed E-state index contributed by atoms with van der Waals surface area (Å²) in [6.45, 7) is 8.54. The Morgan fingerprint density at radius 2 is 1.31 bits per heavy atom. The minimum absolute atomic E-state index is 0.0342. The number of carbonyl (C=O) groups is 5. The minimum atomic E-state index is -1.63. The van der Waals surface area contributed by atoms with Crippen LogP contribution in [0.25, 0.3) is 0 Å². The Hall–Kier alpha value is -2.69. The maximum absolute atomic E-state index is 12.5. The van der Waals surface area contributed by atoms with Crippen molar-refractivity contribution in [2.24, 2.45) is 17.6 Å². The lowest BCUT2D eigenvalue weighted by molar-refractivity contribution is -0.147. The maximum Gasteiger partial charge on any atom is 0.326 e. The summed E-state index contributed by atoms with van der Waals surface area (Å²) in [5.74, 6) is -5.04. The third-order valence-electron chi connectivity index (χ3n) is 4.11. The van der Waals surface area contributed by atoms with Crippen LogP contribution in [0.1, 0.15) is 47.5 Å². The van der Waals surface area contributed by atoms with Crippen molar-refractivity contribution in [1.29, 1.82) is 0 Å². The van der Waals surface area contributed by atoms with E-state index in [2.05, 4.69) is 16.0 Å². The van der Waals surface area contributed by atoms with Crippen molar-refractivity contribution in [2.75, 3.05) is 0 Å². The molecule has 0 rings (SSSR count). The van der Waals surface area contributed by atoms with E-state index >= 15 is 0 Å². The Morgan fingerprint density at radius 1 is 0.793 bits per heavy atom. The molecule has 4 unspecified atom stereocenters. The van der Waals surface area contributed by atoms with Crippen molar-refractivity contribution in [1.82, 2.24) is 16.0 Å². The van der Waals surface area contributed by atoms with Crippen molar-refractivity contribution >= 4 is 29.7 Å². The monoisotopic (exact) mass is 416 g/mol. The largest absolute Gasteiger partial charge is 0.481 e. The number of amides is 3. The highest BCUT2D eigenvalue weighted by Crippen LogP contribution is 2.07. The third kappa shape index (κ3) is 9.88. The molecule has 0 aliphatic heterocycles. The number of nitrogens with two attached hydrogens (primary N) is 1. The number of carboxylic acid groups (broad SMARTS) is 2. The zero-order valence-corrected chi connectivity index (χ0v) is 17.4. The lowest BCUT2D eigenvalue weighted by Crippen LogP contribution is -2.57. The quantitative estimate of drug-likeness (QED) is 0.235. The van der Waals surface area contributed by atoms with Crippen LogP contribution in [0.3, 0.4) is 0 Å². The van der Waals surface area contributed by atoms with E-state index in [9.17, 15) is 24.0 Å². The molecule has 0 saturated heterocycles. The molecular weight excluding hydrogens is 384 g/mol. The van der Waals surface area contributed by atoms with Crippen LogP contribution in [-0.2, 0) is 24.0 Å². The summed E-state index contributed by atoms with van der Waals surface area (Å²) in [5, 5.41) is 24.9. The first-order chi connectivity index (χ1) is 13.3. The smallest absolute Gasteiger partial charge is 0.326 e. The molecule has 0 aliphatic rings. The standard InChI is InChI=1S/C18H32N4O7/c1-8(2)6-11(16(26)22-12(18(28)29)7-13(23)24)21-15(25)10(5)20-17(27)14(19)9(3)4/h8-12,14H,6-7,19H2,1-5H3,(H,20,27)(H,21,25)(H,22,26)(H,23,24)(H,28,29). The highest BCUT2D eigenvalue weighted by Gasteiger charge is 2.30. The van der Waals surface area contributed by atoms with Gasteiger partial charge in [0.05, 0.1) is 12.5 Å². The van der Waals surface area contributed by atoms with E-state index in [4.69, 9.17) is 15.9 Å². The van der Waals surface area contributed by atoms with Crippen LogP contribution in [-0.4, -0.2) is 64.0 Å². The Balaban J connectivity index is 5.15. The summed E-state index contributed by atoms with van der Waals surface area (Å²) in [4.78, 5) is 58.8. The zero-order valence-electron chi connectivity index (χ0n) is 17.4. The van der Waals surface area contributed by atoms with Gasteiger partial charge in [-0.25, -0.2) is 4.79 Å². The van der Waals surface area contributed by atoms with E-state index in [0.717, 1.165) is 0 Å². The Kier molecular flexibility index (Phi) is 10.9. The highest BCUT2D eigenvalue weighted by molar-refractivity contribution is 5.94. The lowest BCUT2D eigenvalue weighted by atomic mass is 10.0. The predicted molar refractivity (Wildman–Crippen MR) is 104 cm³/mol. The molecule has 0 bridgehead atoms. The molecule has 0 fully saturated rings. The second-order valence-corrected chi connectivity index (χ2v) is 7.69. The molecule has 4 atom stereocenters. The van der Waals surface area contributed by atoms with Gasteiger partial charge in [0.15, 0.2) is 0 Å². The lowest BCUT2D eigenvalue weighted by Gasteiger charge is -2.25. The van der Waals surface area contributed by atoms with E-state index in [1.54, 1.807) is 27.7 Å². The van der Waals surface area contributed by atoms with E-state index in [0.29, 0.717) is 0 Å². The first-order valence-corrected chi connectivity index (χ1v) is 9.37. The Morgan fingerprint density at radius 3 is 1.72 bits per heavy atom. The number of carboxylic acids is 2. The third-order valence-corrected chi connectivity index (χ3v) is 4.11. The molecular formula is C18H32N4O7. The van der Waals surface area contributed by atoms with Gasteiger partial charge in [0.25, 0.3) is 0 Å². The molecule has 0 saturated carbocycles. The normalized spacial score (nSPS) is 15.2. The van der Waals surface area contributed by atoms with Gasteiger partial charge in [0.2, 0.25) is 17.7 Å². The van der Waals surface area contributed by atoms with Crippen LogP contribution in [0.4, 0.5) is 0 Å². The average Bonchev–Trinajstić information content (AvgIpc) is 2.58. The van der Waals surface area contributed by atoms with Gasteiger partial charge in [-0.15, -0.1) is 0 Å². The maximum atomic E-state index is 12.5. The summed E-state index contributed by atoms with van der Waals surface area (Å²) < 4.78 is 0. The number of hydrogen-bond acceptors (Lipinski definition) is 6. The Bertz CT molecular complexity index is 621. The second-order valence-electron chi connectivity index (χ2n) is 7.69. The van der Waals surface area contributed by atoms with Gasteiger partial charge in [0, 0.05) is 0 Å². The van der Waals surface area contributed by atoms with Gasteiger partial charge in [-0.3, -0.25) is 19.2 Å². The molecule has 29 heavy (non-hydrogen) atoms. The van der Waals surface area contributed by atoms with Crippen LogP contribution in [0.15, 0.2) is 0 Å². The topological polar surface area (TPSA) is 188 Å². The molecule has 11 heteroatoms. The number of rotatable bonds is 12. The number of nitrogens with one attached hydrogen (secondary N) is 3. The molecule has 11 nitrogen and oxygen atoms in total. The number of carbonyl (C=O) groups excluding carboxylic acids is 3. The fourth-order valence-electron chi connectivity index (χ4n) is 2.32. The molecule has 3 amide bonds. The number of hydrogen-bond donors (Lipinski definition) is 6. The molecule has 7 N–H and O–H groups in total. The van der Waals surface area contributed by atoms with E-state index in [1.165, 1.54) is 6.92 Å². The van der Waals surface area contributed by atoms with E-state index in [1.807, 2.05) is 0 Å². The molecule has 0 heterocycles. The first kappa shape index (κ1) is 26.3. The van der Waals surface area contributed by atoms with Gasteiger partial charge in [-0.2, -0.15) is 0 Å². The zero-order chi connectivity index (χ0) is 22.9. The van der Waals surface area contributed by atoms with Gasteiger partial charge in [-0.05, 0) is 25.2 Å². The predicted octanol–water partition coefficient (Wildman–Crippen LogP) is -0.951. The van der Waals surface area contributed by atoms with E-state index in [-0.39, 0.29) is 18.3 Å². The fraction of sp³-hybridized carbons (Fsp3) is 0.722. The molecule has 0 radical (unpaired) electrons. The average molecular weight is 416 g/mol. The molecule has 0 aromatic heterocycles. The van der Waals surface area contributed by atoms with Crippen molar-refractivity contribution in [3.8, 4) is 0 Å². The fourth-order valence-corrected chi connectivity index (χ4v) is 2.32. The van der Waals surface area contributed by atoms with Gasteiger partial charge in [0.1, 0.15) is 18.1 Å². The summed E-state index contributed by atoms with van der Waals surface area (Å²) in [6.07, 6.45) is -0.619. The Labute approximate surface area is 169 Å². The minimum Gasteiger partial charge on any atom is -0.481 e. The summed E-state index contributed by atoms with van der Waals surface area (Å²) in [5.41, 5.74) is 5.74. The second kappa shape index (κ2) is 12.0. The summed E-state index contributed by atoms with van der Waals surface area (Å²) in [6, 6.07) is -4.51. The van der Waals surface area contributed by atoms with Crippen LogP contribution in [0.2, 0.25) is 0 Å².